The zero-order valence-corrected chi connectivity index (χ0v) is 16.4. The first-order chi connectivity index (χ1) is 13.7. The fourth-order valence-electron chi connectivity index (χ4n) is 3.83. The quantitative estimate of drug-likeness (QED) is 0.796. The molecule has 0 N–H and O–H groups in total. The highest BCUT2D eigenvalue weighted by Gasteiger charge is 2.34. The zero-order valence-electron chi connectivity index (χ0n) is 16.4. The van der Waals surface area contributed by atoms with Crippen molar-refractivity contribution in [3.63, 3.8) is 0 Å². The van der Waals surface area contributed by atoms with Crippen LogP contribution in [0.15, 0.2) is 47.5 Å². The normalized spacial score (nSPS) is 18.4. The van der Waals surface area contributed by atoms with Gasteiger partial charge in [-0.3, -0.25) is 14.6 Å². The third-order valence-corrected chi connectivity index (χ3v) is 5.30. The molecule has 6 nitrogen and oxygen atoms in total. The van der Waals surface area contributed by atoms with Crippen LogP contribution in [0, 0.1) is 0 Å². The molecule has 6 heteroatoms. The van der Waals surface area contributed by atoms with E-state index in [0.29, 0.717) is 29.6 Å². The van der Waals surface area contributed by atoms with Crippen LogP contribution >= 0.6 is 0 Å². The lowest BCUT2D eigenvalue weighted by Gasteiger charge is -2.30. The van der Waals surface area contributed by atoms with Crippen molar-refractivity contribution in [1.29, 1.82) is 0 Å². The van der Waals surface area contributed by atoms with Crippen LogP contribution in [0.1, 0.15) is 24.8 Å². The van der Waals surface area contributed by atoms with Gasteiger partial charge in [0.1, 0.15) is 5.71 Å². The minimum absolute atomic E-state index is 0.0541. The number of amides is 1. The molecule has 0 spiro atoms. The molecule has 0 atom stereocenters. The van der Waals surface area contributed by atoms with Crippen molar-refractivity contribution in [3.8, 4) is 11.5 Å². The van der Waals surface area contributed by atoms with Crippen LogP contribution in [-0.4, -0.2) is 50.5 Å². The number of fused-ring (bicyclic) bond motifs is 1. The summed E-state index contributed by atoms with van der Waals surface area (Å²) >= 11 is 0. The summed E-state index contributed by atoms with van der Waals surface area (Å²) < 4.78 is 10.6. The number of ether oxygens (including phenoxy) is 2. The zero-order chi connectivity index (χ0) is 19.5. The summed E-state index contributed by atoms with van der Waals surface area (Å²) in [5.41, 5.74) is 2.94. The minimum atomic E-state index is -0.0541. The molecule has 28 heavy (non-hydrogen) atoms. The minimum Gasteiger partial charge on any atom is -0.493 e. The van der Waals surface area contributed by atoms with Gasteiger partial charge in [-0.15, -0.1) is 0 Å². The predicted molar refractivity (Wildman–Crippen MR) is 110 cm³/mol. The Morgan fingerprint density at radius 2 is 1.71 bits per heavy atom. The van der Waals surface area contributed by atoms with Crippen LogP contribution in [0.3, 0.4) is 0 Å². The van der Waals surface area contributed by atoms with Gasteiger partial charge < -0.3 is 9.47 Å². The van der Waals surface area contributed by atoms with Gasteiger partial charge in [-0.05, 0) is 44.1 Å². The van der Waals surface area contributed by atoms with Crippen LogP contribution in [0.25, 0.3) is 0 Å². The van der Waals surface area contributed by atoms with E-state index in [0.717, 1.165) is 24.3 Å². The number of methoxy groups -OCH3 is 2. The van der Waals surface area contributed by atoms with E-state index in [2.05, 4.69) is 9.89 Å². The lowest BCUT2D eigenvalue weighted by molar-refractivity contribution is -0.112. The SMILES string of the molecule is COc1ccc(N=C2C(=O)N(CN3CCCCC3)c3ccccc32)cc1OC. The maximum atomic E-state index is 13.2. The van der Waals surface area contributed by atoms with Gasteiger partial charge in [0.2, 0.25) is 0 Å². The Bertz CT molecular complexity index is 904. The van der Waals surface area contributed by atoms with Crippen LogP contribution in [0.4, 0.5) is 11.4 Å². The van der Waals surface area contributed by atoms with Gasteiger partial charge in [-0.2, -0.15) is 0 Å². The molecule has 2 aliphatic rings. The van der Waals surface area contributed by atoms with Crippen molar-refractivity contribution in [3.05, 3.63) is 48.0 Å². The molecule has 2 aliphatic heterocycles. The number of hydrogen-bond donors (Lipinski definition) is 0. The summed E-state index contributed by atoms with van der Waals surface area (Å²) in [6.45, 7) is 2.68. The van der Waals surface area contributed by atoms with E-state index >= 15 is 0 Å². The summed E-state index contributed by atoms with van der Waals surface area (Å²) in [5.74, 6) is 1.17. The molecule has 146 valence electrons. The van der Waals surface area contributed by atoms with Crippen LogP contribution in [-0.2, 0) is 4.79 Å². The average molecular weight is 379 g/mol. The van der Waals surface area contributed by atoms with Crippen molar-refractivity contribution >= 4 is 23.0 Å². The third-order valence-electron chi connectivity index (χ3n) is 5.30. The maximum absolute atomic E-state index is 13.2. The number of aliphatic imine (C=N–C) groups is 1. The summed E-state index contributed by atoms with van der Waals surface area (Å²) in [5, 5.41) is 0. The first kappa shape index (κ1) is 18.5. The van der Waals surface area contributed by atoms with Gasteiger partial charge in [0, 0.05) is 11.6 Å². The number of hydrogen-bond acceptors (Lipinski definition) is 5. The van der Waals surface area contributed by atoms with E-state index in [9.17, 15) is 4.79 Å². The van der Waals surface area contributed by atoms with Gasteiger partial charge in [-0.1, -0.05) is 24.6 Å². The van der Waals surface area contributed by atoms with Crippen LogP contribution in [0.2, 0.25) is 0 Å². The highest BCUT2D eigenvalue weighted by atomic mass is 16.5. The number of carbonyl (C=O) groups is 1. The van der Waals surface area contributed by atoms with E-state index in [1.54, 1.807) is 26.4 Å². The number of likely N-dealkylation sites (tertiary alicyclic amines) is 1. The molecule has 2 heterocycles. The second kappa shape index (κ2) is 8.02. The third kappa shape index (κ3) is 3.47. The molecule has 1 saturated heterocycles. The molecule has 0 unspecified atom stereocenters. The number of nitrogens with zero attached hydrogens (tertiary/aromatic N) is 3. The number of carbonyl (C=O) groups excluding carboxylic acids is 1. The Kier molecular flexibility index (Phi) is 5.30. The topological polar surface area (TPSA) is 54.4 Å². The van der Waals surface area contributed by atoms with Crippen molar-refractivity contribution in [1.82, 2.24) is 4.90 Å². The molecule has 1 fully saturated rings. The largest absolute Gasteiger partial charge is 0.493 e. The molecule has 0 bridgehead atoms. The lowest BCUT2D eigenvalue weighted by Crippen LogP contribution is -2.43. The Morgan fingerprint density at radius 1 is 0.964 bits per heavy atom. The average Bonchev–Trinajstić information content (AvgIpc) is 3.00. The molecule has 0 radical (unpaired) electrons. The van der Waals surface area contributed by atoms with E-state index < -0.39 is 0 Å². The second-order valence-electron chi connectivity index (χ2n) is 7.07. The lowest BCUT2D eigenvalue weighted by atomic mass is 10.1. The Labute approximate surface area is 165 Å². The molecule has 0 aromatic heterocycles. The summed E-state index contributed by atoms with van der Waals surface area (Å²) in [7, 11) is 3.18. The molecule has 2 aromatic rings. The molecule has 4 rings (SSSR count). The smallest absolute Gasteiger partial charge is 0.278 e. The van der Waals surface area contributed by atoms with Crippen molar-refractivity contribution in [2.75, 3.05) is 38.9 Å². The van der Waals surface area contributed by atoms with Crippen LogP contribution < -0.4 is 14.4 Å². The second-order valence-corrected chi connectivity index (χ2v) is 7.07. The van der Waals surface area contributed by atoms with E-state index in [1.807, 2.05) is 35.2 Å². The fourth-order valence-corrected chi connectivity index (χ4v) is 3.83. The number of piperidine rings is 1. The summed E-state index contributed by atoms with van der Waals surface area (Å²) in [4.78, 5) is 22.1. The molecule has 1 amide bonds. The number of anilines is 1. The Morgan fingerprint density at radius 3 is 2.46 bits per heavy atom. The van der Waals surface area contributed by atoms with Gasteiger partial charge >= 0.3 is 0 Å². The van der Waals surface area contributed by atoms with E-state index in [1.165, 1.54) is 19.3 Å². The molecule has 0 aliphatic carbocycles. The number of rotatable bonds is 5. The van der Waals surface area contributed by atoms with Crippen molar-refractivity contribution in [2.24, 2.45) is 4.99 Å². The number of para-hydroxylation sites is 1. The summed E-state index contributed by atoms with van der Waals surface area (Å²) in [6.07, 6.45) is 3.65. The van der Waals surface area contributed by atoms with E-state index in [-0.39, 0.29) is 5.91 Å². The fraction of sp³-hybridized carbons (Fsp3) is 0.364. The monoisotopic (exact) mass is 379 g/mol. The standard InChI is InChI=1S/C22H25N3O3/c1-27-19-11-10-16(14-20(19)28-2)23-21-17-8-4-5-9-18(17)25(22(21)26)15-24-12-6-3-7-13-24/h4-5,8-11,14H,3,6-7,12-13,15H2,1-2H3. The predicted octanol–water partition coefficient (Wildman–Crippen LogP) is 3.61. The van der Waals surface area contributed by atoms with Gasteiger partial charge in [0.25, 0.3) is 5.91 Å². The Balaban J connectivity index is 1.67. The van der Waals surface area contributed by atoms with Gasteiger partial charge in [0.15, 0.2) is 11.5 Å². The summed E-state index contributed by atoms with van der Waals surface area (Å²) in [6, 6.07) is 13.3. The van der Waals surface area contributed by atoms with Gasteiger partial charge in [0.05, 0.1) is 32.3 Å². The first-order valence-corrected chi connectivity index (χ1v) is 9.65. The highest BCUT2D eigenvalue weighted by Crippen LogP contribution is 2.34. The van der Waals surface area contributed by atoms with Gasteiger partial charge in [-0.25, -0.2) is 4.99 Å². The molecule has 0 saturated carbocycles. The molecular formula is C22H25N3O3. The molecular weight excluding hydrogens is 354 g/mol. The van der Waals surface area contributed by atoms with Crippen LogP contribution in [0.5, 0.6) is 11.5 Å². The maximum Gasteiger partial charge on any atom is 0.278 e. The first-order valence-electron chi connectivity index (χ1n) is 9.65. The number of benzene rings is 2. The van der Waals surface area contributed by atoms with Crippen molar-refractivity contribution in [2.45, 2.75) is 19.3 Å². The van der Waals surface area contributed by atoms with Crippen molar-refractivity contribution < 1.29 is 14.3 Å². The highest BCUT2D eigenvalue weighted by molar-refractivity contribution is 6.54. The Hall–Kier alpha value is -2.86. The van der Waals surface area contributed by atoms with E-state index in [4.69, 9.17) is 9.47 Å². The molecule has 2 aromatic carbocycles.